The van der Waals surface area contributed by atoms with Crippen molar-refractivity contribution in [2.24, 2.45) is 10.7 Å². The Kier molecular flexibility index (Phi) is 22.0. The molecule has 0 aliphatic carbocycles. The van der Waals surface area contributed by atoms with Crippen molar-refractivity contribution in [2.75, 3.05) is 25.3 Å². The highest BCUT2D eigenvalue weighted by Gasteiger charge is 2.44. The molecule has 16 heteroatoms. The van der Waals surface area contributed by atoms with Crippen LogP contribution >= 0.6 is 20.2 Å². The average Bonchev–Trinajstić information content (AvgIpc) is 3.78. The van der Waals surface area contributed by atoms with Gasteiger partial charge in [0, 0.05) is 6.42 Å². The Hall–Kier alpha value is -2.63. The number of nitrogens with two attached hydrogens (primary N) is 1. The lowest BCUT2D eigenvalue weighted by Crippen LogP contribution is -2.34. The van der Waals surface area contributed by atoms with E-state index in [2.05, 4.69) is 16.5 Å². The van der Waals surface area contributed by atoms with Crippen LogP contribution in [0, 0.1) is 11.3 Å². The number of aliphatic hydroxyl groups is 2. The normalized spacial score (nSPS) is 18.5. The number of rotatable bonds is 26. The van der Waals surface area contributed by atoms with E-state index in [1.807, 2.05) is 28.9 Å². The number of nitrogens with one attached hydrogen (secondary N) is 1. The number of hydrogen-bond acceptors (Lipinski definition) is 10. The number of ether oxygens (including phenoxy) is 1. The molecule has 2 aromatic rings. The van der Waals surface area contributed by atoms with Gasteiger partial charge in [-0.3, -0.25) is 9.20 Å². The van der Waals surface area contributed by atoms with Crippen LogP contribution in [-0.2, 0) is 13.8 Å². The van der Waals surface area contributed by atoms with Crippen LogP contribution in [0.2, 0.25) is 5.02 Å². The molecular weight excluding hydrogens is 782 g/mol. The maximum Gasteiger partial charge on any atom is 0.397 e. The maximum absolute atomic E-state index is 12.2. The van der Waals surface area contributed by atoms with Gasteiger partial charge in [-0.2, -0.15) is 18.4 Å². The molecule has 322 valence electrons. The van der Waals surface area contributed by atoms with Gasteiger partial charge < -0.3 is 35.2 Å². The number of halogens is 4. The Bertz CT molecular complexity index is 1500. The quantitative estimate of drug-likeness (QED) is 0.0411. The number of unbranched alkanes of at least 4 members (excludes halogenated alkanes) is 16. The molecule has 2 aliphatic rings. The molecule has 0 spiro atoms. The van der Waals surface area contributed by atoms with Gasteiger partial charge in [0.2, 0.25) is 0 Å². The summed E-state index contributed by atoms with van der Waals surface area (Å²) in [6.07, 6.45) is 14.5. The van der Waals surface area contributed by atoms with Crippen molar-refractivity contribution >= 4 is 26.0 Å². The first-order chi connectivity index (χ1) is 27.2. The molecule has 3 heterocycles. The SMILES string of the molecule is CC(C)(O)O.N#CC1(COP(OCCCCCCCCCCCCCCCCCCCC(F)(F)F)Oc2ccccc2Cl)CCC(c2ccc3n2NCN=C3N)O1. The third kappa shape index (κ3) is 20.3. The van der Waals surface area contributed by atoms with Crippen LogP contribution in [-0.4, -0.2) is 58.2 Å². The number of nitriles is 1. The van der Waals surface area contributed by atoms with Crippen molar-refractivity contribution in [3.63, 3.8) is 0 Å². The summed E-state index contributed by atoms with van der Waals surface area (Å²) in [5.74, 6) is -0.573. The van der Waals surface area contributed by atoms with E-state index in [0.717, 1.165) is 49.9 Å². The zero-order chi connectivity index (χ0) is 41.6. The van der Waals surface area contributed by atoms with Gasteiger partial charge in [-0.1, -0.05) is 120 Å². The standard InChI is InChI=1S/C38H56ClF3N5O4P.C3H8O2/c39-31-20-16-17-21-34(31)51-52(49-29-37(28-43)26-24-35(50-37)32-22-23-33-36(44)45-30-46-47(32)33)48-27-19-15-13-11-9-7-5-3-1-2-4-6-8-10-12-14-18-25-38(40,41)42;1-3(2,4)5/h16-17,20-23,35,46H,1-15,18-19,24-27,29-30H2,(H2,44,45);4-5H,1-2H3. The van der Waals surface area contributed by atoms with Crippen molar-refractivity contribution < 1.29 is 41.7 Å². The van der Waals surface area contributed by atoms with Crippen LogP contribution < -0.4 is 15.7 Å². The minimum Gasteiger partial charge on any atom is -0.425 e. The molecule has 0 bridgehead atoms. The highest BCUT2D eigenvalue weighted by molar-refractivity contribution is 7.42. The minimum atomic E-state index is -4.01. The molecular formula is C41H64ClF3N5O6P. The molecule has 11 nitrogen and oxygen atoms in total. The van der Waals surface area contributed by atoms with Gasteiger partial charge in [0.15, 0.2) is 11.4 Å². The summed E-state index contributed by atoms with van der Waals surface area (Å²) in [6.45, 7) is 3.44. The molecule has 1 fully saturated rings. The van der Waals surface area contributed by atoms with Gasteiger partial charge in [0.1, 0.15) is 36.1 Å². The highest BCUT2D eigenvalue weighted by atomic mass is 35.5. The summed E-state index contributed by atoms with van der Waals surface area (Å²) in [4.78, 5) is 4.22. The largest absolute Gasteiger partial charge is 0.425 e. The molecule has 5 N–H and O–H groups in total. The van der Waals surface area contributed by atoms with E-state index >= 15 is 0 Å². The van der Waals surface area contributed by atoms with E-state index in [-0.39, 0.29) is 19.1 Å². The Balaban J connectivity index is 0.00000163. The number of aliphatic imine (C=N–C) groups is 1. The number of aromatic nitrogens is 1. The van der Waals surface area contributed by atoms with E-state index in [9.17, 15) is 18.4 Å². The second-order valence-electron chi connectivity index (χ2n) is 15.3. The second-order valence-corrected chi connectivity index (χ2v) is 16.9. The van der Waals surface area contributed by atoms with Crippen molar-refractivity contribution in [1.29, 1.82) is 5.26 Å². The number of fused-ring (bicyclic) bond motifs is 1. The number of amidine groups is 1. The van der Waals surface area contributed by atoms with Gasteiger partial charge in [-0.25, -0.2) is 4.99 Å². The third-order valence-corrected chi connectivity index (χ3v) is 11.0. The molecule has 3 unspecified atom stereocenters. The summed E-state index contributed by atoms with van der Waals surface area (Å²) in [6, 6.07) is 13.4. The number of nitrogens with zero attached hydrogens (tertiary/aromatic N) is 3. The van der Waals surface area contributed by atoms with Crippen molar-refractivity contribution in [3.8, 4) is 11.8 Å². The van der Waals surface area contributed by atoms with Crippen LogP contribution in [0.5, 0.6) is 5.75 Å². The molecule has 2 aliphatic heterocycles. The second kappa shape index (κ2) is 25.8. The Labute approximate surface area is 343 Å². The molecule has 1 aromatic carbocycles. The fraction of sp³-hybridized carbons (Fsp3) is 0.707. The fourth-order valence-electron chi connectivity index (χ4n) is 6.60. The first-order valence-electron chi connectivity index (χ1n) is 20.5. The van der Waals surface area contributed by atoms with Crippen LogP contribution in [0.3, 0.4) is 0 Å². The molecule has 0 amide bonds. The Morgan fingerprint density at radius 3 is 2.00 bits per heavy atom. The predicted molar refractivity (Wildman–Crippen MR) is 219 cm³/mol. The van der Waals surface area contributed by atoms with Crippen molar-refractivity contribution in [2.45, 2.75) is 166 Å². The van der Waals surface area contributed by atoms with Crippen LogP contribution in [0.1, 0.15) is 160 Å². The average molecular weight is 846 g/mol. The zero-order valence-electron chi connectivity index (χ0n) is 33.7. The summed E-state index contributed by atoms with van der Waals surface area (Å²) >= 11 is 6.37. The number of para-hydroxylation sites is 1. The summed E-state index contributed by atoms with van der Waals surface area (Å²) in [7, 11) is -1.83. The third-order valence-electron chi connectivity index (χ3n) is 9.58. The molecule has 57 heavy (non-hydrogen) atoms. The summed E-state index contributed by atoms with van der Waals surface area (Å²) in [5, 5.41) is 26.8. The van der Waals surface area contributed by atoms with E-state index in [4.69, 9.17) is 45.9 Å². The van der Waals surface area contributed by atoms with Crippen molar-refractivity contribution in [3.05, 3.63) is 52.8 Å². The number of hydrogen-bond donors (Lipinski definition) is 4. The van der Waals surface area contributed by atoms with Gasteiger partial charge in [0.25, 0.3) is 0 Å². The van der Waals surface area contributed by atoms with Gasteiger partial charge in [-0.15, -0.1) is 0 Å². The summed E-state index contributed by atoms with van der Waals surface area (Å²) in [5.41, 5.74) is 9.76. The number of alkyl halides is 3. The first kappa shape index (κ1) is 48.7. The van der Waals surface area contributed by atoms with Gasteiger partial charge in [-0.05, 0) is 63.8 Å². The molecule has 0 saturated carbocycles. The van der Waals surface area contributed by atoms with Gasteiger partial charge >= 0.3 is 14.8 Å². The van der Waals surface area contributed by atoms with Crippen LogP contribution in [0.4, 0.5) is 13.2 Å². The predicted octanol–water partition coefficient (Wildman–Crippen LogP) is 11.1. The first-order valence-corrected chi connectivity index (χ1v) is 22.0. The fourth-order valence-corrected chi connectivity index (χ4v) is 7.92. The van der Waals surface area contributed by atoms with E-state index in [1.54, 1.807) is 12.1 Å². The zero-order valence-corrected chi connectivity index (χ0v) is 35.4. The lowest BCUT2D eigenvalue weighted by molar-refractivity contribution is -0.135. The lowest BCUT2D eigenvalue weighted by atomic mass is 10.0. The highest BCUT2D eigenvalue weighted by Crippen LogP contribution is 2.47. The smallest absolute Gasteiger partial charge is 0.397 e. The number of benzene rings is 1. The minimum absolute atomic E-state index is 0.00225. The Morgan fingerprint density at radius 2 is 1.46 bits per heavy atom. The van der Waals surface area contributed by atoms with Crippen LogP contribution in [0.15, 0.2) is 41.4 Å². The van der Waals surface area contributed by atoms with Crippen molar-refractivity contribution in [1.82, 2.24) is 4.68 Å². The van der Waals surface area contributed by atoms with E-state index in [1.165, 1.54) is 71.6 Å². The molecule has 0 radical (unpaired) electrons. The van der Waals surface area contributed by atoms with E-state index < -0.39 is 32.6 Å². The molecule has 3 atom stereocenters. The summed E-state index contributed by atoms with van der Waals surface area (Å²) < 4.78 is 63.0. The molecule has 1 aromatic heterocycles. The van der Waals surface area contributed by atoms with E-state index in [0.29, 0.717) is 49.1 Å². The maximum atomic E-state index is 12.2. The Morgan fingerprint density at radius 1 is 0.912 bits per heavy atom. The monoisotopic (exact) mass is 845 g/mol. The lowest BCUT2D eigenvalue weighted by Gasteiger charge is -2.25. The topological polar surface area (TPSA) is 157 Å². The van der Waals surface area contributed by atoms with Crippen LogP contribution in [0.25, 0.3) is 0 Å². The molecule has 4 rings (SSSR count). The van der Waals surface area contributed by atoms with Gasteiger partial charge in [0.05, 0.1) is 23.9 Å². The molecule has 1 saturated heterocycles.